The van der Waals surface area contributed by atoms with Gasteiger partial charge in [-0.15, -0.1) is 0 Å². The highest BCUT2D eigenvalue weighted by molar-refractivity contribution is 6.06. The second-order valence-electron chi connectivity index (χ2n) is 7.60. The van der Waals surface area contributed by atoms with Crippen molar-refractivity contribution in [3.63, 3.8) is 0 Å². The number of furan rings is 1. The third-order valence-electron chi connectivity index (χ3n) is 5.39. The molecule has 12 nitrogen and oxygen atoms in total. The minimum atomic E-state index is -0.713. The van der Waals surface area contributed by atoms with Crippen LogP contribution < -0.4 is 10.7 Å². The number of benzene rings is 1. The quantitative estimate of drug-likeness (QED) is 0.392. The lowest BCUT2D eigenvalue weighted by molar-refractivity contribution is -0.393. The number of carbonyl (C=O) groups is 1. The van der Waals surface area contributed by atoms with Gasteiger partial charge >= 0.3 is 5.69 Å². The van der Waals surface area contributed by atoms with Crippen molar-refractivity contribution in [1.29, 1.82) is 0 Å². The summed E-state index contributed by atoms with van der Waals surface area (Å²) in [5, 5.41) is 29.4. The Kier molecular flexibility index (Phi) is 6.30. The number of aromatic nitrogens is 1. The summed E-state index contributed by atoms with van der Waals surface area (Å²) in [7, 11) is 0. The number of carbonyl (C=O) groups excluding carboxylic acids is 1. The van der Waals surface area contributed by atoms with E-state index in [1.165, 1.54) is 6.07 Å². The van der Waals surface area contributed by atoms with Gasteiger partial charge < -0.3 is 9.73 Å². The molecule has 0 atom stereocenters. The Labute approximate surface area is 193 Å². The average molecular weight is 464 g/mol. The maximum Gasteiger partial charge on any atom is 0.301 e. The number of non-ortho nitro benzene ring substituents is 1. The summed E-state index contributed by atoms with van der Waals surface area (Å²) in [5.74, 6) is 0.415. The van der Waals surface area contributed by atoms with E-state index in [1.807, 2.05) is 6.07 Å². The number of nitro benzene ring substituents is 2. The molecule has 2 N–H and O–H groups in total. The second kappa shape index (κ2) is 9.48. The Balaban J connectivity index is 1.58. The number of hydrogen-bond acceptors (Lipinski definition) is 9. The molecule has 1 aliphatic carbocycles. The van der Waals surface area contributed by atoms with Crippen LogP contribution in [0, 0.1) is 27.2 Å². The van der Waals surface area contributed by atoms with Crippen molar-refractivity contribution in [2.45, 2.75) is 32.7 Å². The number of nitrogens with zero attached hydrogens (tertiary/aromatic N) is 4. The van der Waals surface area contributed by atoms with E-state index >= 15 is 0 Å². The van der Waals surface area contributed by atoms with E-state index in [0.29, 0.717) is 41.1 Å². The van der Waals surface area contributed by atoms with Crippen LogP contribution in [0.15, 0.2) is 52.1 Å². The summed E-state index contributed by atoms with van der Waals surface area (Å²) in [6.45, 7) is 2.00. The maximum absolute atomic E-state index is 12.7. The molecule has 0 saturated carbocycles. The molecular weight excluding hydrogens is 444 g/mol. The van der Waals surface area contributed by atoms with Gasteiger partial charge in [-0.1, -0.05) is 6.07 Å². The highest BCUT2D eigenvalue weighted by Gasteiger charge is 2.28. The van der Waals surface area contributed by atoms with Crippen LogP contribution in [0.25, 0.3) is 0 Å². The van der Waals surface area contributed by atoms with Gasteiger partial charge in [0.05, 0.1) is 33.9 Å². The summed E-state index contributed by atoms with van der Waals surface area (Å²) in [4.78, 5) is 37.8. The summed E-state index contributed by atoms with van der Waals surface area (Å²) in [6.07, 6.45) is 3.55. The Bertz CT molecular complexity index is 1300. The monoisotopic (exact) mass is 464 g/mol. The van der Waals surface area contributed by atoms with Crippen LogP contribution in [0.5, 0.6) is 0 Å². The molecule has 174 valence electrons. The smallest absolute Gasteiger partial charge is 0.301 e. The number of anilines is 1. The molecule has 1 aliphatic rings. The lowest BCUT2D eigenvalue weighted by Gasteiger charge is -2.13. The fraction of sp³-hybridized carbons (Fsp3) is 0.227. The van der Waals surface area contributed by atoms with Crippen molar-refractivity contribution < 1.29 is 19.1 Å². The van der Waals surface area contributed by atoms with Crippen LogP contribution in [-0.4, -0.2) is 26.4 Å². The van der Waals surface area contributed by atoms with E-state index in [1.54, 1.807) is 25.3 Å². The third kappa shape index (κ3) is 4.60. The van der Waals surface area contributed by atoms with Gasteiger partial charge in [0.1, 0.15) is 11.4 Å². The lowest BCUT2D eigenvalue weighted by atomic mass is 9.93. The highest BCUT2D eigenvalue weighted by Crippen LogP contribution is 2.32. The van der Waals surface area contributed by atoms with Crippen molar-refractivity contribution in [3.8, 4) is 0 Å². The number of fused-ring (bicyclic) bond motifs is 1. The molecule has 0 spiro atoms. The normalized spacial score (nSPS) is 13.9. The minimum Gasteiger partial charge on any atom is -0.455 e. The van der Waals surface area contributed by atoms with E-state index in [0.717, 1.165) is 18.6 Å². The molecule has 0 aliphatic heterocycles. The van der Waals surface area contributed by atoms with Gasteiger partial charge in [0, 0.05) is 29.8 Å². The van der Waals surface area contributed by atoms with Gasteiger partial charge in [0.2, 0.25) is 0 Å². The van der Waals surface area contributed by atoms with Crippen molar-refractivity contribution in [3.05, 3.63) is 91.2 Å². The first kappa shape index (κ1) is 22.6. The predicted octanol–water partition coefficient (Wildman–Crippen LogP) is 3.88. The van der Waals surface area contributed by atoms with Gasteiger partial charge in [0.15, 0.2) is 5.76 Å². The van der Waals surface area contributed by atoms with Gasteiger partial charge in [-0.2, -0.15) is 5.10 Å². The van der Waals surface area contributed by atoms with Crippen molar-refractivity contribution in [2.75, 3.05) is 5.43 Å². The van der Waals surface area contributed by atoms with Crippen molar-refractivity contribution >= 4 is 28.7 Å². The summed E-state index contributed by atoms with van der Waals surface area (Å²) in [5.41, 5.74) is 4.41. The maximum atomic E-state index is 12.7. The molecule has 2 aromatic heterocycles. The molecule has 0 radical (unpaired) electrons. The van der Waals surface area contributed by atoms with Crippen molar-refractivity contribution in [1.82, 2.24) is 10.3 Å². The van der Waals surface area contributed by atoms with Crippen LogP contribution in [-0.2, 0) is 13.0 Å². The number of amides is 1. The second-order valence-corrected chi connectivity index (χ2v) is 7.60. The van der Waals surface area contributed by atoms with E-state index in [2.05, 4.69) is 20.8 Å². The molecule has 12 heteroatoms. The molecule has 1 aromatic carbocycles. The Morgan fingerprint density at radius 2 is 2.00 bits per heavy atom. The number of nitro groups is 2. The SMILES string of the molecule is Cc1c(C(=O)NCc2ccccn2)oc2c1/C(=N/Nc1ccc([N+](=O)[O-])cc1[N+](=O)[O-])CCC2. The number of hydrazone groups is 1. The van der Waals surface area contributed by atoms with Gasteiger partial charge in [0.25, 0.3) is 11.6 Å². The molecule has 0 saturated heterocycles. The van der Waals surface area contributed by atoms with Gasteiger partial charge in [-0.05, 0) is 38.0 Å². The average Bonchev–Trinajstić information content (AvgIpc) is 3.18. The van der Waals surface area contributed by atoms with Crippen LogP contribution in [0.3, 0.4) is 0 Å². The van der Waals surface area contributed by atoms with E-state index in [-0.39, 0.29) is 23.9 Å². The molecule has 0 fully saturated rings. The Morgan fingerprint density at radius 3 is 2.71 bits per heavy atom. The fourth-order valence-corrected chi connectivity index (χ4v) is 3.76. The highest BCUT2D eigenvalue weighted by atomic mass is 16.6. The van der Waals surface area contributed by atoms with E-state index in [9.17, 15) is 25.0 Å². The zero-order chi connectivity index (χ0) is 24.2. The Morgan fingerprint density at radius 1 is 1.18 bits per heavy atom. The van der Waals surface area contributed by atoms with Gasteiger partial charge in [-0.25, -0.2) is 0 Å². The molecular formula is C22H20N6O6. The van der Waals surface area contributed by atoms with E-state index in [4.69, 9.17) is 4.42 Å². The molecule has 1 amide bonds. The van der Waals surface area contributed by atoms with Crippen LogP contribution in [0.2, 0.25) is 0 Å². The first-order chi connectivity index (χ1) is 16.3. The number of hydrogen-bond donors (Lipinski definition) is 2. The van der Waals surface area contributed by atoms with Crippen LogP contribution >= 0.6 is 0 Å². The Hall–Kier alpha value is -4.61. The molecule has 34 heavy (non-hydrogen) atoms. The molecule has 0 unspecified atom stereocenters. The standard InChI is InChI=1S/C22H20N6O6/c1-13-20-17(26-25-16-9-8-15(27(30)31)11-18(16)28(32)33)6-4-7-19(20)34-21(13)22(29)24-12-14-5-2-3-10-23-14/h2-3,5,8-11,25H,4,6-7,12H2,1H3,(H,24,29)/b26-17+. The summed E-state index contributed by atoms with van der Waals surface area (Å²) in [6, 6.07) is 8.69. The third-order valence-corrected chi connectivity index (χ3v) is 5.39. The number of aryl methyl sites for hydroxylation is 1. The first-order valence-electron chi connectivity index (χ1n) is 10.4. The zero-order valence-corrected chi connectivity index (χ0v) is 18.1. The lowest BCUT2D eigenvalue weighted by Crippen LogP contribution is -2.23. The number of rotatable bonds is 7. The van der Waals surface area contributed by atoms with E-state index < -0.39 is 21.2 Å². The largest absolute Gasteiger partial charge is 0.455 e. The molecule has 0 bridgehead atoms. The summed E-state index contributed by atoms with van der Waals surface area (Å²) < 4.78 is 5.85. The number of nitrogens with one attached hydrogen (secondary N) is 2. The number of pyridine rings is 1. The fourth-order valence-electron chi connectivity index (χ4n) is 3.76. The van der Waals surface area contributed by atoms with Crippen molar-refractivity contribution in [2.24, 2.45) is 5.10 Å². The first-order valence-corrected chi connectivity index (χ1v) is 10.4. The topological polar surface area (TPSA) is 166 Å². The molecule has 2 heterocycles. The van der Waals surface area contributed by atoms with Gasteiger partial charge in [-0.3, -0.25) is 35.4 Å². The molecule has 3 aromatic rings. The predicted molar refractivity (Wildman–Crippen MR) is 122 cm³/mol. The summed E-state index contributed by atoms with van der Waals surface area (Å²) >= 11 is 0. The minimum absolute atomic E-state index is 0.0182. The van der Waals surface area contributed by atoms with Crippen LogP contribution in [0.4, 0.5) is 17.1 Å². The molecule has 4 rings (SSSR count). The van der Waals surface area contributed by atoms with Crippen LogP contribution in [0.1, 0.15) is 46.0 Å². The zero-order valence-electron chi connectivity index (χ0n) is 18.1.